The van der Waals surface area contributed by atoms with E-state index in [0.29, 0.717) is 0 Å². The van der Waals surface area contributed by atoms with E-state index in [-0.39, 0.29) is 11.8 Å². The highest BCUT2D eigenvalue weighted by Gasteiger charge is 2.42. The highest BCUT2D eigenvalue weighted by Crippen LogP contribution is 2.44. The van der Waals surface area contributed by atoms with Crippen molar-refractivity contribution >= 4 is 0 Å². The van der Waals surface area contributed by atoms with Gasteiger partial charge < -0.3 is 4.74 Å². The molecule has 18 heavy (non-hydrogen) atoms. The summed E-state index contributed by atoms with van der Waals surface area (Å²) in [7, 11) is 0. The Labute approximate surface area is 102 Å². The van der Waals surface area contributed by atoms with Crippen LogP contribution in [0.5, 0.6) is 5.88 Å². The molecule has 0 spiro atoms. The molecule has 0 aliphatic heterocycles. The molecule has 2 rings (SSSR count). The summed E-state index contributed by atoms with van der Waals surface area (Å²) >= 11 is 0. The lowest BCUT2D eigenvalue weighted by molar-refractivity contribution is -0.148. The van der Waals surface area contributed by atoms with Crippen LogP contribution in [0.2, 0.25) is 0 Å². The Kier molecular flexibility index (Phi) is 3.45. The van der Waals surface area contributed by atoms with Gasteiger partial charge in [0, 0.05) is 11.8 Å². The monoisotopic (exact) mass is 263 g/mol. The zero-order valence-corrected chi connectivity index (χ0v) is 9.80. The molecule has 0 bridgehead atoms. The minimum atomic E-state index is -4.15. The normalized spacial score (nSPS) is 16.1. The van der Waals surface area contributed by atoms with E-state index >= 15 is 0 Å². The van der Waals surface area contributed by atoms with Gasteiger partial charge in [-0.05, 0) is 37.3 Å². The summed E-state index contributed by atoms with van der Waals surface area (Å²) in [6.45, 7) is 0.483. The number of pyridine rings is 1. The van der Waals surface area contributed by atoms with Crippen molar-refractivity contribution in [1.82, 2.24) is 4.98 Å². The molecule has 2 nitrogen and oxygen atoms in total. The molecule has 1 aromatic rings. The van der Waals surface area contributed by atoms with Crippen LogP contribution in [0, 0.1) is 6.92 Å². The molecule has 6 heteroatoms. The molecule has 0 aromatic carbocycles. The molecule has 0 unspecified atom stereocenters. The quantitative estimate of drug-likeness (QED) is 0.758. The fraction of sp³-hybridized carbons (Fsp3) is 0.583. The number of hydrogen-bond acceptors (Lipinski definition) is 2. The van der Waals surface area contributed by atoms with Crippen LogP contribution in [-0.2, 0) is 0 Å². The fourth-order valence-corrected chi connectivity index (χ4v) is 1.61. The largest absolute Gasteiger partial charge is 0.471 e. The van der Waals surface area contributed by atoms with Gasteiger partial charge in [-0.3, -0.25) is 0 Å². The van der Waals surface area contributed by atoms with Crippen LogP contribution in [0.3, 0.4) is 0 Å². The molecule has 1 aliphatic rings. The molecule has 1 aromatic heterocycles. The minimum absolute atomic E-state index is 0.0448. The highest BCUT2D eigenvalue weighted by atomic mass is 19.3. The van der Waals surface area contributed by atoms with Crippen molar-refractivity contribution in [1.29, 1.82) is 0 Å². The third-order valence-corrected chi connectivity index (χ3v) is 2.75. The predicted molar refractivity (Wildman–Crippen MR) is 57.4 cm³/mol. The van der Waals surface area contributed by atoms with Crippen molar-refractivity contribution < 1.29 is 22.3 Å². The van der Waals surface area contributed by atoms with Crippen molar-refractivity contribution in [3.63, 3.8) is 0 Å². The van der Waals surface area contributed by atoms with Gasteiger partial charge in [-0.1, -0.05) is 0 Å². The molecular formula is C12H13F4NO. The smallest absolute Gasteiger partial charge is 0.340 e. The Morgan fingerprint density at radius 2 is 2.11 bits per heavy atom. The molecule has 0 saturated heterocycles. The lowest BCUT2D eigenvalue weighted by Crippen LogP contribution is -2.34. The third-order valence-electron chi connectivity index (χ3n) is 2.75. The summed E-state index contributed by atoms with van der Waals surface area (Å²) in [5, 5.41) is 0. The number of hydrogen-bond donors (Lipinski definition) is 0. The molecule has 0 amide bonds. The summed E-state index contributed by atoms with van der Waals surface area (Å²) < 4.78 is 54.3. The van der Waals surface area contributed by atoms with Crippen molar-refractivity contribution in [2.75, 3.05) is 6.61 Å². The highest BCUT2D eigenvalue weighted by molar-refractivity contribution is 5.35. The van der Waals surface area contributed by atoms with Crippen LogP contribution in [0.15, 0.2) is 12.3 Å². The van der Waals surface area contributed by atoms with Crippen molar-refractivity contribution in [3.8, 4) is 5.88 Å². The minimum Gasteiger partial charge on any atom is -0.471 e. The summed E-state index contributed by atoms with van der Waals surface area (Å²) in [5.41, 5.74) is 1.63. The molecule has 100 valence electrons. The van der Waals surface area contributed by atoms with E-state index in [1.807, 2.05) is 6.92 Å². The zero-order valence-electron chi connectivity index (χ0n) is 9.80. The lowest BCUT2D eigenvalue weighted by atomic mass is 10.1. The van der Waals surface area contributed by atoms with Gasteiger partial charge in [0.05, 0.1) is 0 Å². The van der Waals surface area contributed by atoms with Crippen LogP contribution in [0.1, 0.15) is 29.9 Å². The molecule has 1 aliphatic carbocycles. The average molecular weight is 263 g/mol. The van der Waals surface area contributed by atoms with E-state index < -0.39 is 19.0 Å². The first kappa shape index (κ1) is 13.1. The predicted octanol–water partition coefficient (Wildman–Crippen LogP) is 3.55. The first-order valence-corrected chi connectivity index (χ1v) is 5.65. The molecule has 1 saturated carbocycles. The molecule has 0 atom stereocenters. The SMILES string of the molecule is Cc1cnc(OCC(F)(F)C(F)F)c(C2CC2)c1. The Bertz CT molecular complexity index is 432. The van der Waals surface area contributed by atoms with Crippen LogP contribution >= 0.6 is 0 Å². The van der Waals surface area contributed by atoms with Crippen molar-refractivity contribution in [3.05, 3.63) is 23.4 Å². The van der Waals surface area contributed by atoms with Crippen LogP contribution in [0.4, 0.5) is 17.6 Å². The van der Waals surface area contributed by atoms with Gasteiger partial charge in [0.1, 0.15) is 0 Å². The van der Waals surface area contributed by atoms with E-state index in [1.165, 1.54) is 6.20 Å². The number of aromatic nitrogens is 1. The Hall–Kier alpha value is -1.33. The van der Waals surface area contributed by atoms with Gasteiger partial charge >= 0.3 is 12.3 Å². The lowest BCUT2D eigenvalue weighted by Gasteiger charge is -2.17. The van der Waals surface area contributed by atoms with E-state index in [4.69, 9.17) is 4.74 Å². The first-order chi connectivity index (χ1) is 8.40. The summed E-state index contributed by atoms with van der Waals surface area (Å²) in [4.78, 5) is 3.90. The number of halogens is 4. The summed E-state index contributed by atoms with van der Waals surface area (Å²) in [6, 6.07) is 1.81. The van der Waals surface area contributed by atoms with E-state index in [2.05, 4.69) is 4.98 Å². The fourth-order valence-electron chi connectivity index (χ4n) is 1.61. The number of ether oxygens (including phenoxy) is 1. The molecule has 1 heterocycles. The maximum Gasteiger partial charge on any atom is 0.340 e. The summed E-state index contributed by atoms with van der Waals surface area (Å²) in [6.07, 6.45) is -0.353. The van der Waals surface area contributed by atoms with Gasteiger partial charge in [0.25, 0.3) is 0 Å². The topological polar surface area (TPSA) is 22.1 Å². The second-order valence-corrected chi connectivity index (χ2v) is 4.53. The Balaban J connectivity index is 2.09. The Morgan fingerprint density at radius 3 is 2.67 bits per heavy atom. The average Bonchev–Trinajstić information content (AvgIpc) is 3.11. The van der Waals surface area contributed by atoms with Crippen LogP contribution in [0.25, 0.3) is 0 Å². The second-order valence-electron chi connectivity index (χ2n) is 4.53. The maximum absolute atomic E-state index is 12.8. The van der Waals surface area contributed by atoms with E-state index in [9.17, 15) is 17.6 Å². The second kappa shape index (κ2) is 4.74. The zero-order chi connectivity index (χ0) is 13.3. The number of rotatable bonds is 5. The van der Waals surface area contributed by atoms with Gasteiger partial charge in [-0.25, -0.2) is 13.8 Å². The number of alkyl halides is 4. The molecule has 0 N–H and O–H groups in total. The van der Waals surface area contributed by atoms with Gasteiger partial charge in [-0.15, -0.1) is 0 Å². The Morgan fingerprint density at radius 1 is 1.44 bits per heavy atom. The molecular weight excluding hydrogens is 250 g/mol. The maximum atomic E-state index is 12.8. The van der Waals surface area contributed by atoms with Crippen molar-refractivity contribution in [2.24, 2.45) is 0 Å². The van der Waals surface area contributed by atoms with E-state index in [1.54, 1.807) is 6.07 Å². The molecule has 1 fully saturated rings. The standard InChI is InChI=1S/C12H13F4NO/c1-7-4-9(8-2-3-8)10(17-5-7)18-6-12(15,16)11(13)14/h4-5,8,11H,2-3,6H2,1H3. The van der Waals surface area contributed by atoms with E-state index in [0.717, 1.165) is 24.0 Å². The number of aryl methyl sites for hydroxylation is 1. The van der Waals surface area contributed by atoms with Gasteiger partial charge in [0.2, 0.25) is 5.88 Å². The summed E-state index contributed by atoms with van der Waals surface area (Å²) in [5.74, 6) is -3.84. The van der Waals surface area contributed by atoms with Crippen LogP contribution in [-0.4, -0.2) is 23.9 Å². The first-order valence-electron chi connectivity index (χ1n) is 5.65. The van der Waals surface area contributed by atoms with Gasteiger partial charge in [-0.2, -0.15) is 8.78 Å². The third kappa shape index (κ3) is 2.91. The van der Waals surface area contributed by atoms with Crippen LogP contribution < -0.4 is 4.74 Å². The molecule has 0 radical (unpaired) electrons. The number of nitrogens with zero attached hydrogens (tertiary/aromatic N) is 1. The van der Waals surface area contributed by atoms with Crippen molar-refractivity contribution in [2.45, 2.75) is 38.0 Å². The van der Waals surface area contributed by atoms with Gasteiger partial charge in [0.15, 0.2) is 6.61 Å².